The number of ether oxygens (including phenoxy) is 1. The fourth-order valence-corrected chi connectivity index (χ4v) is 4.97. The minimum Gasteiger partial charge on any atom is -0.493 e. The number of allylic oxidation sites excluding steroid dienone is 4. The molecule has 0 saturated carbocycles. The maximum absolute atomic E-state index is 16.0. The normalized spacial score (nSPS) is 21.7. The molecule has 6 heteroatoms. The Bertz CT molecular complexity index is 1030. The van der Waals surface area contributed by atoms with Gasteiger partial charge >= 0.3 is 0 Å². The molecule has 0 amide bonds. The quantitative estimate of drug-likeness (QED) is 0.409. The Labute approximate surface area is 207 Å². The number of piperidine rings is 1. The number of likely N-dealkylation sites (tertiary alicyclic amines) is 1. The smallest absolute Gasteiger partial charge is 0.273 e. The van der Waals surface area contributed by atoms with E-state index in [1.807, 2.05) is 38.1 Å². The Hall–Kier alpha value is -2.73. The van der Waals surface area contributed by atoms with Gasteiger partial charge in [-0.1, -0.05) is 44.2 Å². The fourth-order valence-electron chi connectivity index (χ4n) is 4.97. The average molecular weight is 483 g/mol. The van der Waals surface area contributed by atoms with Crippen molar-refractivity contribution < 1.29 is 18.3 Å². The van der Waals surface area contributed by atoms with Gasteiger partial charge in [0.1, 0.15) is 11.4 Å². The van der Waals surface area contributed by atoms with Gasteiger partial charge in [0, 0.05) is 30.9 Å². The monoisotopic (exact) mass is 482 g/mol. The minimum absolute atomic E-state index is 0.00678. The van der Waals surface area contributed by atoms with E-state index in [9.17, 15) is 9.18 Å². The number of halogens is 2. The third-order valence-corrected chi connectivity index (χ3v) is 7.54. The molecule has 1 fully saturated rings. The molecule has 2 aliphatic rings. The number of rotatable bonds is 9. The molecular weight excluding hydrogens is 446 g/mol. The van der Waals surface area contributed by atoms with Crippen LogP contribution in [0.2, 0.25) is 0 Å². The van der Waals surface area contributed by atoms with Crippen LogP contribution in [0, 0.1) is 5.92 Å². The lowest BCUT2D eigenvalue weighted by Gasteiger charge is -2.36. The Morgan fingerprint density at radius 2 is 1.77 bits per heavy atom. The Morgan fingerprint density at radius 1 is 1.11 bits per heavy atom. The van der Waals surface area contributed by atoms with Crippen LogP contribution in [-0.4, -0.2) is 53.0 Å². The predicted octanol–water partition coefficient (Wildman–Crippen LogP) is 6.50. The maximum atomic E-state index is 16.0. The van der Waals surface area contributed by atoms with Crippen LogP contribution in [-0.2, 0) is 0 Å². The zero-order valence-corrected chi connectivity index (χ0v) is 20.8. The van der Waals surface area contributed by atoms with Crippen molar-refractivity contribution in [2.24, 2.45) is 5.92 Å². The summed E-state index contributed by atoms with van der Waals surface area (Å²) in [5, 5.41) is 0. The van der Waals surface area contributed by atoms with Crippen molar-refractivity contribution in [3.8, 4) is 5.75 Å². The molecule has 35 heavy (non-hydrogen) atoms. The number of alkyl halides is 2. The van der Waals surface area contributed by atoms with Gasteiger partial charge in [-0.15, -0.1) is 0 Å². The molecule has 1 aromatic carbocycles. The number of carbonyl (C=O) groups excluding carboxylic acids is 1. The van der Waals surface area contributed by atoms with Gasteiger partial charge in [0.2, 0.25) is 5.67 Å². The van der Waals surface area contributed by atoms with Crippen molar-refractivity contribution in [2.45, 2.75) is 57.3 Å². The molecular formula is C29H36F2N2O2. The Morgan fingerprint density at radius 3 is 2.40 bits per heavy atom. The van der Waals surface area contributed by atoms with Crippen molar-refractivity contribution in [1.82, 2.24) is 9.47 Å². The summed E-state index contributed by atoms with van der Waals surface area (Å²) in [5.74, 6) is 0.573. The van der Waals surface area contributed by atoms with Gasteiger partial charge in [0.05, 0.1) is 6.61 Å². The molecule has 1 aromatic heterocycles. The third kappa shape index (κ3) is 5.75. The van der Waals surface area contributed by atoms with Crippen LogP contribution < -0.4 is 4.74 Å². The number of hydrogen-bond donors (Lipinski definition) is 0. The standard InChI is InChI=1S/C29H36F2N2O2/c1-3-28(30,4-2)22-32-19-14-23(15-20-32)21-35-25-12-10-24(11-13-25)26-9-5-6-16-29(26,31)27(34)33-17-7-8-18-33/h5-13,17-18,23H,3-4,14-16,19-22H2,1-2H3/t29-/m0/s1. The van der Waals surface area contributed by atoms with E-state index < -0.39 is 17.2 Å². The number of hydrogen-bond acceptors (Lipinski definition) is 3. The molecule has 4 rings (SSSR count). The van der Waals surface area contributed by atoms with E-state index in [4.69, 9.17) is 4.74 Å². The lowest BCUT2D eigenvalue weighted by atomic mass is 9.83. The number of carbonyl (C=O) groups is 1. The molecule has 0 N–H and O–H groups in total. The number of benzene rings is 1. The van der Waals surface area contributed by atoms with Gasteiger partial charge in [0.25, 0.3) is 5.91 Å². The molecule has 2 aromatic rings. The summed E-state index contributed by atoms with van der Waals surface area (Å²) < 4.78 is 38.1. The lowest BCUT2D eigenvalue weighted by molar-refractivity contribution is 0.0568. The van der Waals surface area contributed by atoms with Gasteiger partial charge in [0.15, 0.2) is 0 Å². The SMILES string of the molecule is CCC(F)(CC)CN1CCC(COc2ccc(C3=CC=CC[C@@]3(F)C(=O)n3cccc3)cc2)CC1. The highest BCUT2D eigenvalue weighted by atomic mass is 19.1. The summed E-state index contributed by atoms with van der Waals surface area (Å²) in [5.41, 5.74) is -2.17. The topological polar surface area (TPSA) is 34.5 Å². The summed E-state index contributed by atoms with van der Waals surface area (Å²) in [4.78, 5) is 15.1. The van der Waals surface area contributed by atoms with E-state index in [-0.39, 0.29) is 6.42 Å². The molecule has 1 aliphatic carbocycles. The highest BCUT2D eigenvalue weighted by Gasteiger charge is 2.43. The second-order valence-corrected chi connectivity index (χ2v) is 9.82. The van der Waals surface area contributed by atoms with Crippen LogP contribution >= 0.6 is 0 Å². The van der Waals surface area contributed by atoms with Gasteiger partial charge in [-0.3, -0.25) is 9.36 Å². The minimum atomic E-state index is -2.11. The summed E-state index contributed by atoms with van der Waals surface area (Å²) in [7, 11) is 0. The van der Waals surface area contributed by atoms with Crippen LogP contribution in [0.15, 0.2) is 67.0 Å². The van der Waals surface area contributed by atoms with Crippen LogP contribution in [0.4, 0.5) is 8.78 Å². The van der Waals surface area contributed by atoms with E-state index in [1.54, 1.807) is 42.8 Å². The molecule has 1 atom stereocenters. The lowest BCUT2D eigenvalue weighted by Crippen LogP contribution is -2.44. The van der Waals surface area contributed by atoms with E-state index in [2.05, 4.69) is 4.90 Å². The Balaban J connectivity index is 1.33. The van der Waals surface area contributed by atoms with Crippen LogP contribution in [0.3, 0.4) is 0 Å². The van der Waals surface area contributed by atoms with E-state index >= 15 is 4.39 Å². The first-order chi connectivity index (χ1) is 16.9. The Kier molecular flexibility index (Phi) is 7.90. The van der Waals surface area contributed by atoms with Crippen LogP contribution in [0.25, 0.3) is 5.57 Å². The number of nitrogens with zero attached hydrogens (tertiary/aromatic N) is 2. The summed E-state index contributed by atoms with van der Waals surface area (Å²) >= 11 is 0. The van der Waals surface area contributed by atoms with Crippen molar-refractivity contribution in [3.05, 3.63) is 72.6 Å². The zero-order chi connectivity index (χ0) is 24.9. The van der Waals surface area contributed by atoms with Gasteiger partial charge < -0.3 is 9.64 Å². The summed E-state index contributed by atoms with van der Waals surface area (Å²) in [6.07, 6.45) is 11.4. The van der Waals surface area contributed by atoms with Crippen molar-refractivity contribution in [3.63, 3.8) is 0 Å². The largest absolute Gasteiger partial charge is 0.493 e. The van der Waals surface area contributed by atoms with Crippen LogP contribution in [0.5, 0.6) is 5.75 Å². The molecule has 1 aliphatic heterocycles. The maximum Gasteiger partial charge on any atom is 0.273 e. The van der Waals surface area contributed by atoms with Crippen molar-refractivity contribution >= 4 is 11.5 Å². The first-order valence-corrected chi connectivity index (χ1v) is 12.8. The van der Waals surface area contributed by atoms with Gasteiger partial charge in [-0.25, -0.2) is 8.78 Å². The molecule has 188 valence electrons. The highest BCUT2D eigenvalue weighted by molar-refractivity contribution is 6.01. The first kappa shape index (κ1) is 25.4. The third-order valence-electron chi connectivity index (χ3n) is 7.54. The van der Waals surface area contributed by atoms with E-state index in [0.717, 1.165) is 31.7 Å². The van der Waals surface area contributed by atoms with Crippen LogP contribution in [0.1, 0.15) is 56.3 Å². The average Bonchev–Trinajstić information content (AvgIpc) is 3.43. The summed E-state index contributed by atoms with van der Waals surface area (Å²) in [6.45, 7) is 6.76. The molecule has 2 heterocycles. The molecule has 0 radical (unpaired) electrons. The van der Waals surface area contributed by atoms with E-state index in [1.165, 1.54) is 4.57 Å². The fraction of sp³-hybridized carbons (Fsp3) is 0.483. The number of aromatic nitrogens is 1. The molecule has 0 bridgehead atoms. The van der Waals surface area contributed by atoms with Gasteiger partial charge in [-0.05, 0) is 74.5 Å². The predicted molar refractivity (Wildman–Crippen MR) is 136 cm³/mol. The molecule has 0 spiro atoms. The zero-order valence-electron chi connectivity index (χ0n) is 20.8. The molecule has 1 saturated heterocycles. The van der Waals surface area contributed by atoms with Crippen molar-refractivity contribution in [2.75, 3.05) is 26.2 Å². The second kappa shape index (κ2) is 10.9. The first-order valence-electron chi connectivity index (χ1n) is 12.8. The van der Waals surface area contributed by atoms with Crippen molar-refractivity contribution in [1.29, 1.82) is 0 Å². The second-order valence-electron chi connectivity index (χ2n) is 9.82. The molecule has 4 nitrogen and oxygen atoms in total. The summed E-state index contributed by atoms with van der Waals surface area (Å²) in [6, 6.07) is 10.7. The van der Waals surface area contributed by atoms with E-state index in [0.29, 0.717) is 43.0 Å². The highest BCUT2D eigenvalue weighted by Crippen LogP contribution is 2.39. The molecule has 0 unspecified atom stereocenters. The van der Waals surface area contributed by atoms with Gasteiger partial charge in [-0.2, -0.15) is 0 Å².